The fourth-order valence-electron chi connectivity index (χ4n) is 2.67. The van der Waals surface area contributed by atoms with Gasteiger partial charge in [-0.1, -0.05) is 12.2 Å². The van der Waals surface area contributed by atoms with Gasteiger partial charge in [-0.05, 0) is 36.5 Å². The molecule has 0 heteroatoms. The second kappa shape index (κ2) is 0.792. The minimum Gasteiger partial charge on any atom is -0.0877 e. The lowest BCUT2D eigenvalue weighted by molar-refractivity contribution is 0.207. The van der Waals surface area contributed by atoms with Crippen LogP contribution in [0.1, 0.15) is 19.3 Å². The molecule has 8 heavy (non-hydrogen) atoms. The highest BCUT2D eigenvalue weighted by atomic mass is 14.7. The highest BCUT2D eigenvalue weighted by Crippen LogP contribution is 2.74. The van der Waals surface area contributed by atoms with E-state index in [2.05, 4.69) is 12.2 Å². The molecule has 0 aromatic rings. The Kier molecular flexibility index (Phi) is 0.367. The van der Waals surface area contributed by atoms with Crippen LogP contribution < -0.4 is 0 Å². The van der Waals surface area contributed by atoms with Gasteiger partial charge in [-0.3, -0.25) is 0 Å². The summed E-state index contributed by atoms with van der Waals surface area (Å²) in [6.45, 7) is 0. The summed E-state index contributed by atoms with van der Waals surface area (Å²) in [6, 6.07) is 0. The van der Waals surface area contributed by atoms with Gasteiger partial charge in [0.25, 0.3) is 0 Å². The van der Waals surface area contributed by atoms with Gasteiger partial charge in [-0.2, -0.15) is 0 Å². The molecule has 2 bridgehead atoms. The number of allylic oxidation sites excluding steroid dienone is 2. The molecule has 0 aliphatic heterocycles. The van der Waals surface area contributed by atoms with E-state index in [1.54, 1.807) is 6.42 Å². The highest BCUT2D eigenvalue weighted by molar-refractivity contribution is 5.25. The number of hydrogen-bond donors (Lipinski definition) is 0. The zero-order valence-corrected chi connectivity index (χ0v) is 4.93. The third-order valence-corrected chi connectivity index (χ3v) is 3.32. The van der Waals surface area contributed by atoms with Gasteiger partial charge in [-0.25, -0.2) is 0 Å². The van der Waals surface area contributed by atoms with Gasteiger partial charge >= 0.3 is 0 Å². The quantitative estimate of drug-likeness (QED) is 0.414. The van der Waals surface area contributed by atoms with Gasteiger partial charge in [-0.15, -0.1) is 0 Å². The second-order valence-electron chi connectivity index (χ2n) is 3.67. The molecule has 0 saturated heterocycles. The summed E-state index contributed by atoms with van der Waals surface area (Å²) in [5.41, 5.74) is 0.902. The van der Waals surface area contributed by atoms with Crippen molar-refractivity contribution in [1.82, 2.24) is 0 Å². The molecule has 0 radical (unpaired) electrons. The van der Waals surface area contributed by atoms with Crippen LogP contribution in [-0.4, -0.2) is 0 Å². The summed E-state index contributed by atoms with van der Waals surface area (Å²) in [4.78, 5) is 0. The Morgan fingerprint density at radius 1 is 1.38 bits per heavy atom. The van der Waals surface area contributed by atoms with E-state index in [4.69, 9.17) is 0 Å². The van der Waals surface area contributed by atoms with Crippen LogP contribution in [0.4, 0.5) is 0 Å². The molecule has 3 atom stereocenters. The summed E-state index contributed by atoms with van der Waals surface area (Å²) in [7, 11) is 0. The SMILES string of the molecule is C1=CC2CC3(C1)CC23. The van der Waals surface area contributed by atoms with Gasteiger partial charge < -0.3 is 0 Å². The van der Waals surface area contributed by atoms with Crippen LogP contribution >= 0.6 is 0 Å². The molecule has 2 fully saturated rings. The first-order chi connectivity index (χ1) is 3.91. The number of hydrogen-bond acceptors (Lipinski definition) is 0. The Hall–Kier alpha value is -0.260. The fourth-order valence-corrected chi connectivity index (χ4v) is 2.67. The van der Waals surface area contributed by atoms with Crippen LogP contribution in [-0.2, 0) is 0 Å². The van der Waals surface area contributed by atoms with Crippen molar-refractivity contribution in [1.29, 1.82) is 0 Å². The summed E-state index contributed by atoms with van der Waals surface area (Å²) in [5, 5.41) is 0. The van der Waals surface area contributed by atoms with Crippen molar-refractivity contribution in [2.45, 2.75) is 19.3 Å². The second-order valence-corrected chi connectivity index (χ2v) is 3.67. The van der Waals surface area contributed by atoms with E-state index >= 15 is 0 Å². The van der Waals surface area contributed by atoms with E-state index in [-0.39, 0.29) is 0 Å². The van der Waals surface area contributed by atoms with Crippen LogP contribution in [0, 0.1) is 17.3 Å². The maximum atomic E-state index is 2.43. The first kappa shape index (κ1) is 3.71. The molecule has 0 amide bonds. The third-order valence-electron chi connectivity index (χ3n) is 3.32. The molecule has 42 valence electrons. The van der Waals surface area contributed by atoms with Crippen molar-refractivity contribution < 1.29 is 0 Å². The molecular formula is C8H10. The minimum atomic E-state index is 0.902. The van der Waals surface area contributed by atoms with Crippen LogP contribution in [0.3, 0.4) is 0 Å². The normalized spacial score (nSPS) is 64.0. The molecule has 0 aromatic heterocycles. The molecule has 2 saturated carbocycles. The number of rotatable bonds is 0. The highest BCUT2D eigenvalue weighted by Gasteiger charge is 2.66. The first-order valence-electron chi connectivity index (χ1n) is 3.57. The van der Waals surface area contributed by atoms with Crippen molar-refractivity contribution in [2.24, 2.45) is 17.3 Å². The summed E-state index contributed by atoms with van der Waals surface area (Å²) in [6.07, 6.45) is 9.32. The topological polar surface area (TPSA) is 0 Å². The van der Waals surface area contributed by atoms with Crippen LogP contribution in [0.2, 0.25) is 0 Å². The molecule has 1 spiro atoms. The van der Waals surface area contributed by atoms with Crippen molar-refractivity contribution in [3.05, 3.63) is 12.2 Å². The maximum Gasteiger partial charge on any atom is -0.0194 e. The molecule has 4 rings (SSSR count). The van der Waals surface area contributed by atoms with E-state index in [0.29, 0.717) is 0 Å². The molecule has 3 unspecified atom stereocenters. The Balaban J connectivity index is 2.12. The molecular weight excluding hydrogens is 96.1 g/mol. The lowest BCUT2D eigenvalue weighted by Gasteiger charge is -2.35. The predicted octanol–water partition coefficient (Wildman–Crippen LogP) is 1.97. The van der Waals surface area contributed by atoms with Crippen molar-refractivity contribution in [2.75, 3.05) is 0 Å². The molecule has 0 aromatic carbocycles. The fraction of sp³-hybridized carbons (Fsp3) is 0.750. The molecule has 0 N–H and O–H groups in total. The van der Waals surface area contributed by atoms with E-state index < -0.39 is 0 Å². The zero-order valence-electron chi connectivity index (χ0n) is 4.93. The van der Waals surface area contributed by atoms with Crippen molar-refractivity contribution in [3.8, 4) is 0 Å². The molecule has 4 aliphatic rings. The average Bonchev–Trinajstić information content (AvgIpc) is 2.40. The predicted molar refractivity (Wildman–Crippen MR) is 32.4 cm³/mol. The van der Waals surface area contributed by atoms with Crippen LogP contribution in [0.5, 0.6) is 0 Å². The van der Waals surface area contributed by atoms with Crippen molar-refractivity contribution in [3.63, 3.8) is 0 Å². The summed E-state index contributed by atoms with van der Waals surface area (Å²) < 4.78 is 0. The standard InChI is InChI=1S/C8H10/c1-2-6-4-8(3-1)5-7(6)8/h1-2,6-7H,3-5H2. The third kappa shape index (κ3) is 0.211. The van der Waals surface area contributed by atoms with E-state index in [1.807, 2.05) is 0 Å². The van der Waals surface area contributed by atoms with Gasteiger partial charge in [0.05, 0.1) is 0 Å². The Morgan fingerprint density at radius 2 is 2.38 bits per heavy atom. The van der Waals surface area contributed by atoms with E-state index in [9.17, 15) is 0 Å². The zero-order chi connectivity index (χ0) is 5.19. The summed E-state index contributed by atoms with van der Waals surface area (Å²) in [5.74, 6) is 2.19. The lowest BCUT2D eigenvalue weighted by atomic mass is 9.69. The Labute approximate surface area is 49.6 Å². The average molecular weight is 106 g/mol. The van der Waals surface area contributed by atoms with Crippen LogP contribution in [0.25, 0.3) is 0 Å². The molecule has 0 heterocycles. The molecule has 0 nitrogen and oxygen atoms in total. The van der Waals surface area contributed by atoms with E-state index in [1.165, 1.54) is 12.8 Å². The van der Waals surface area contributed by atoms with E-state index in [0.717, 1.165) is 17.3 Å². The Bertz CT molecular complexity index is 169. The maximum absolute atomic E-state index is 2.43. The lowest BCUT2D eigenvalue weighted by Crippen LogP contribution is -2.27. The van der Waals surface area contributed by atoms with Gasteiger partial charge in [0.2, 0.25) is 0 Å². The molecule has 4 aliphatic carbocycles. The van der Waals surface area contributed by atoms with Gasteiger partial charge in [0, 0.05) is 0 Å². The van der Waals surface area contributed by atoms with Crippen molar-refractivity contribution >= 4 is 0 Å². The smallest absolute Gasteiger partial charge is 0.0194 e. The summed E-state index contributed by atoms with van der Waals surface area (Å²) >= 11 is 0. The number of fused-ring (bicyclic) bond motifs is 1. The first-order valence-corrected chi connectivity index (χ1v) is 3.57. The van der Waals surface area contributed by atoms with Crippen LogP contribution in [0.15, 0.2) is 12.2 Å². The Morgan fingerprint density at radius 3 is 2.88 bits per heavy atom. The van der Waals surface area contributed by atoms with Gasteiger partial charge in [0.1, 0.15) is 0 Å². The minimum absolute atomic E-state index is 0.902. The monoisotopic (exact) mass is 106 g/mol. The largest absolute Gasteiger partial charge is 0.0877 e. The van der Waals surface area contributed by atoms with Gasteiger partial charge in [0.15, 0.2) is 0 Å².